The molecule has 4 rings (SSSR count). The summed E-state index contributed by atoms with van der Waals surface area (Å²) >= 11 is 0. The van der Waals surface area contributed by atoms with E-state index in [0.717, 1.165) is 24.1 Å². The van der Waals surface area contributed by atoms with Gasteiger partial charge in [0.1, 0.15) is 0 Å². The lowest BCUT2D eigenvalue weighted by Crippen LogP contribution is -2.32. The number of nitrogens with one attached hydrogen (secondary N) is 1. The number of aromatic nitrogens is 2. The van der Waals surface area contributed by atoms with Crippen molar-refractivity contribution in [2.45, 2.75) is 38.7 Å². The van der Waals surface area contributed by atoms with Crippen LogP contribution in [0.3, 0.4) is 0 Å². The van der Waals surface area contributed by atoms with Crippen LogP contribution in [0.2, 0.25) is 0 Å². The fourth-order valence-electron chi connectivity index (χ4n) is 4.41. The minimum atomic E-state index is -1.00. The molecule has 0 bridgehead atoms. The van der Waals surface area contributed by atoms with Gasteiger partial charge in [-0.05, 0) is 72.6 Å². The van der Waals surface area contributed by atoms with E-state index in [1.807, 2.05) is 6.07 Å². The van der Waals surface area contributed by atoms with Crippen LogP contribution in [0.5, 0.6) is 0 Å². The summed E-state index contributed by atoms with van der Waals surface area (Å²) in [7, 11) is 0. The van der Waals surface area contributed by atoms with E-state index < -0.39 is 23.6 Å². The molecule has 6 nitrogen and oxygen atoms in total. The molecule has 1 aromatic carbocycles. The van der Waals surface area contributed by atoms with Crippen molar-refractivity contribution in [3.05, 3.63) is 71.7 Å². The van der Waals surface area contributed by atoms with Crippen LogP contribution in [0.1, 0.15) is 48.7 Å². The highest BCUT2D eigenvalue weighted by molar-refractivity contribution is 6.06. The minimum absolute atomic E-state index is 0.0299. The summed E-state index contributed by atoms with van der Waals surface area (Å²) < 4.78 is 26.9. The zero-order valence-corrected chi connectivity index (χ0v) is 18.4. The number of amides is 1. The van der Waals surface area contributed by atoms with Gasteiger partial charge in [0, 0.05) is 11.8 Å². The second-order valence-corrected chi connectivity index (χ2v) is 8.75. The SMILES string of the molecule is C[C@@H]1[C@H](O)C[C@H](c2ccncc2NC(=O)c2nc(-c3ccc(F)c(F)c3)ccc2N)C[C@@H]1C. The molecule has 2 heterocycles. The number of nitrogens with zero attached hydrogens (tertiary/aromatic N) is 2. The highest BCUT2D eigenvalue weighted by atomic mass is 19.2. The number of hydrogen-bond donors (Lipinski definition) is 3. The van der Waals surface area contributed by atoms with Gasteiger partial charge in [-0.2, -0.15) is 0 Å². The van der Waals surface area contributed by atoms with Crippen molar-refractivity contribution in [3.63, 3.8) is 0 Å². The van der Waals surface area contributed by atoms with Gasteiger partial charge in [-0.1, -0.05) is 13.8 Å². The second-order valence-electron chi connectivity index (χ2n) is 8.75. The minimum Gasteiger partial charge on any atom is -0.397 e. The summed E-state index contributed by atoms with van der Waals surface area (Å²) in [5.74, 6) is -1.89. The third kappa shape index (κ3) is 4.71. The van der Waals surface area contributed by atoms with E-state index in [2.05, 4.69) is 29.1 Å². The molecule has 1 saturated carbocycles. The lowest BCUT2D eigenvalue weighted by atomic mass is 9.71. The van der Waals surface area contributed by atoms with Crippen molar-refractivity contribution in [3.8, 4) is 11.3 Å². The number of carbonyl (C=O) groups is 1. The summed E-state index contributed by atoms with van der Waals surface area (Å²) in [6.45, 7) is 4.17. The van der Waals surface area contributed by atoms with Crippen molar-refractivity contribution in [2.24, 2.45) is 11.8 Å². The molecule has 1 aliphatic rings. The van der Waals surface area contributed by atoms with Crippen LogP contribution in [-0.2, 0) is 0 Å². The van der Waals surface area contributed by atoms with Crippen molar-refractivity contribution in [2.75, 3.05) is 11.1 Å². The molecule has 2 aromatic heterocycles. The number of carbonyl (C=O) groups excluding carboxylic acids is 1. The maximum Gasteiger partial charge on any atom is 0.276 e. The number of halogens is 2. The predicted molar refractivity (Wildman–Crippen MR) is 123 cm³/mol. The molecule has 172 valence electrons. The highest BCUT2D eigenvalue weighted by Crippen LogP contribution is 2.41. The Hall–Kier alpha value is -3.39. The number of nitrogens with two attached hydrogens (primary N) is 1. The molecule has 1 fully saturated rings. The Kier molecular flexibility index (Phi) is 6.37. The van der Waals surface area contributed by atoms with Crippen LogP contribution >= 0.6 is 0 Å². The smallest absolute Gasteiger partial charge is 0.276 e. The van der Waals surface area contributed by atoms with Crippen molar-refractivity contribution in [1.29, 1.82) is 0 Å². The maximum atomic E-state index is 13.7. The summed E-state index contributed by atoms with van der Waals surface area (Å²) in [4.78, 5) is 21.5. The van der Waals surface area contributed by atoms with Crippen LogP contribution in [0.25, 0.3) is 11.3 Å². The molecule has 1 aliphatic carbocycles. The molecule has 0 radical (unpaired) electrons. The topological polar surface area (TPSA) is 101 Å². The van der Waals surface area contributed by atoms with Gasteiger partial charge in [-0.3, -0.25) is 9.78 Å². The normalized spacial score (nSPS) is 22.7. The highest BCUT2D eigenvalue weighted by Gasteiger charge is 2.33. The molecule has 0 spiro atoms. The Morgan fingerprint density at radius 2 is 1.91 bits per heavy atom. The number of aliphatic hydroxyl groups excluding tert-OH is 1. The summed E-state index contributed by atoms with van der Waals surface area (Å²) in [6, 6.07) is 8.30. The monoisotopic (exact) mass is 452 g/mol. The number of anilines is 2. The Labute approximate surface area is 190 Å². The molecule has 8 heteroatoms. The molecule has 0 unspecified atom stereocenters. The lowest BCUT2D eigenvalue weighted by molar-refractivity contribution is 0.0384. The predicted octanol–water partition coefficient (Wildman–Crippen LogP) is 4.77. The third-order valence-electron chi connectivity index (χ3n) is 6.59. The standard InChI is InChI=1S/C25H26F2N4O2/c1-13-9-16(11-23(32)14(13)2)17-7-8-29-12-22(17)31-25(33)24-20(28)5-6-21(30-24)15-3-4-18(26)19(27)10-15/h3-8,10,12-14,16,23,32H,9,11,28H2,1-2H3,(H,31,33)/t13-,14-,16+,23+/m0/s1. The second kappa shape index (κ2) is 9.23. The number of aliphatic hydroxyl groups is 1. The first-order valence-corrected chi connectivity index (χ1v) is 10.9. The number of rotatable bonds is 4. The Morgan fingerprint density at radius 3 is 2.64 bits per heavy atom. The number of benzene rings is 1. The van der Waals surface area contributed by atoms with Gasteiger partial charge in [-0.25, -0.2) is 13.8 Å². The molecule has 1 amide bonds. The van der Waals surface area contributed by atoms with E-state index >= 15 is 0 Å². The molecule has 0 aliphatic heterocycles. The van der Waals surface area contributed by atoms with Gasteiger partial charge in [0.2, 0.25) is 0 Å². The van der Waals surface area contributed by atoms with Crippen LogP contribution < -0.4 is 11.1 Å². The van der Waals surface area contributed by atoms with Crippen LogP contribution in [-0.4, -0.2) is 27.1 Å². The van der Waals surface area contributed by atoms with Gasteiger partial charge in [-0.15, -0.1) is 0 Å². The van der Waals surface area contributed by atoms with E-state index in [4.69, 9.17) is 5.73 Å². The van der Waals surface area contributed by atoms with Crippen LogP contribution in [0.15, 0.2) is 48.8 Å². The number of hydrogen-bond acceptors (Lipinski definition) is 5. The van der Waals surface area contributed by atoms with Gasteiger partial charge in [0.15, 0.2) is 17.3 Å². The summed E-state index contributed by atoms with van der Waals surface area (Å²) in [5.41, 5.74) is 8.16. The Balaban J connectivity index is 1.61. The summed E-state index contributed by atoms with van der Waals surface area (Å²) in [5, 5.41) is 13.3. The average Bonchev–Trinajstić information content (AvgIpc) is 2.79. The number of pyridine rings is 2. The van der Waals surface area contributed by atoms with Gasteiger partial charge in [0.05, 0.1) is 29.4 Å². The van der Waals surface area contributed by atoms with Gasteiger partial charge in [0.25, 0.3) is 5.91 Å². The molecular weight excluding hydrogens is 426 g/mol. The fraction of sp³-hybridized carbons (Fsp3) is 0.320. The first kappa shape index (κ1) is 22.8. The van der Waals surface area contributed by atoms with Gasteiger partial charge < -0.3 is 16.2 Å². The lowest BCUT2D eigenvalue weighted by Gasteiger charge is -2.37. The largest absolute Gasteiger partial charge is 0.397 e. The summed E-state index contributed by atoms with van der Waals surface area (Å²) in [6.07, 6.45) is 4.30. The Bertz CT molecular complexity index is 1170. The van der Waals surface area contributed by atoms with Crippen molar-refractivity contribution >= 4 is 17.3 Å². The van der Waals surface area contributed by atoms with E-state index in [1.54, 1.807) is 18.5 Å². The third-order valence-corrected chi connectivity index (χ3v) is 6.59. The first-order chi connectivity index (χ1) is 15.7. The van der Waals surface area contributed by atoms with Crippen LogP contribution in [0.4, 0.5) is 20.2 Å². The van der Waals surface area contributed by atoms with Gasteiger partial charge >= 0.3 is 0 Å². The Morgan fingerprint density at radius 1 is 1.12 bits per heavy atom. The van der Waals surface area contributed by atoms with E-state index in [9.17, 15) is 18.7 Å². The zero-order valence-electron chi connectivity index (χ0n) is 18.4. The van der Waals surface area contributed by atoms with E-state index in [-0.39, 0.29) is 28.9 Å². The molecule has 33 heavy (non-hydrogen) atoms. The number of nitrogen functional groups attached to an aromatic ring is 1. The molecule has 4 atom stereocenters. The van der Waals surface area contributed by atoms with Crippen LogP contribution in [0, 0.1) is 23.5 Å². The fourth-order valence-corrected chi connectivity index (χ4v) is 4.41. The maximum absolute atomic E-state index is 13.7. The molecule has 0 saturated heterocycles. The van der Waals surface area contributed by atoms with Crippen molar-refractivity contribution in [1.82, 2.24) is 9.97 Å². The first-order valence-electron chi connectivity index (χ1n) is 10.9. The molecule has 3 aromatic rings. The zero-order chi connectivity index (χ0) is 23.7. The van der Waals surface area contributed by atoms with Crippen molar-refractivity contribution < 1.29 is 18.7 Å². The average molecular weight is 453 g/mol. The molecule has 4 N–H and O–H groups in total. The quantitative estimate of drug-likeness (QED) is 0.530. The van der Waals surface area contributed by atoms with E-state index in [0.29, 0.717) is 23.6 Å². The van der Waals surface area contributed by atoms with E-state index in [1.165, 1.54) is 12.1 Å². The molecular formula is C25H26F2N4O2.